The van der Waals surface area contributed by atoms with Crippen molar-refractivity contribution in [3.05, 3.63) is 26.0 Å². The summed E-state index contributed by atoms with van der Waals surface area (Å²) in [6.45, 7) is 5.65. The minimum Gasteiger partial charge on any atom is -0.465 e. The summed E-state index contributed by atoms with van der Waals surface area (Å²) in [7, 11) is 0. The number of carboxylic acid groups (broad SMARTS) is 1. The van der Waals surface area contributed by atoms with E-state index >= 15 is 0 Å². The number of aromatic amines is 1. The molecule has 1 aliphatic carbocycles. The zero-order chi connectivity index (χ0) is 19.1. The molecule has 8 heteroatoms. The Bertz CT molecular complexity index is 865. The Hall–Kier alpha value is -1.41. The number of rotatable bonds is 3. The number of hydrogen-bond acceptors (Lipinski definition) is 4. The van der Waals surface area contributed by atoms with E-state index < -0.39 is 17.7 Å². The maximum absolute atomic E-state index is 12.6. The zero-order valence-electron chi connectivity index (χ0n) is 15.2. The third-order valence-electron chi connectivity index (χ3n) is 4.95. The molecule has 0 aromatic carbocycles. The fourth-order valence-electron chi connectivity index (χ4n) is 3.90. The first-order valence-electron chi connectivity index (χ1n) is 8.90. The van der Waals surface area contributed by atoms with E-state index in [4.69, 9.17) is 0 Å². The van der Waals surface area contributed by atoms with Crippen molar-refractivity contribution in [1.82, 2.24) is 14.9 Å². The van der Waals surface area contributed by atoms with Crippen LogP contribution in [-0.2, 0) is 0 Å². The fraction of sp³-hybridized carbons (Fsp3) is 0.611. The molecule has 2 heterocycles. The maximum atomic E-state index is 12.6. The lowest BCUT2D eigenvalue weighted by Crippen LogP contribution is -2.50. The first kappa shape index (κ1) is 19.4. The van der Waals surface area contributed by atoms with Gasteiger partial charge in [0.1, 0.15) is 10.5 Å². The number of nitrogens with zero attached hydrogens (tertiary/aromatic N) is 2. The van der Waals surface area contributed by atoms with Gasteiger partial charge in [-0.05, 0) is 61.5 Å². The molecule has 26 heavy (non-hydrogen) atoms. The summed E-state index contributed by atoms with van der Waals surface area (Å²) in [5.41, 5.74) is -0.196. The number of H-pyrrole nitrogens is 1. The van der Waals surface area contributed by atoms with Crippen LogP contribution in [0.1, 0.15) is 64.7 Å². The number of thiophene rings is 1. The van der Waals surface area contributed by atoms with E-state index in [0.29, 0.717) is 16.0 Å². The van der Waals surface area contributed by atoms with Crippen LogP contribution in [0.2, 0.25) is 0 Å². The summed E-state index contributed by atoms with van der Waals surface area (Å²) in [6, 6.07) is 1.36. The van der Waals surface area contributed by atoms with E-state index in [1.807, 2.05) is 26.8 Å². The van der Waals surface area contributed by atoms with Gasteiger partial charge in [0, 0.05) is 5.54 Å². The van der Waals surface area contributed by atoms with Crippen LogP contribution < -0.4 is 5.56 Å². The van der Waals surface area contributed by atoms with Crippen LogP contribution in [0.25, 0.3) is 10.2 Å². The van der Waals surface area contributed by atoms with Crippen LogP contribution in [0.4, 0.5) is 4.79 Å². The van der Waals surface area contributed by atoms with E-state index in [0.717, 1.165) is 29.5 Å². The highest BCUT2D eigenvalue weighted by molar-refractivity contribution is 9.11. The largest absolute Gasteiger partial charge is 0.465 e. The van der Waals surface area contributed by atoms with E-state index in [1.54, 1.807) is 0 Å². The molecule has 3 rings (SSSR count). The van der Waals surface area contributed by atoms with Crippen molar-refractivity contribution >= 4 is 43.6 Å². The lowest BCUT2D eigenvalue weighted by Gasteiger charge is -2.43. The first-order valence-corrected chi connectivity index (χ1v) is 10.5. The van der Waals surface area contributed by atoms with Crippen LogP contribution >= 0.6 is 27.3 Å². The van der Waals surface area contributed by atoms with Crippen molar-refractivity contribution in [2.45, 2.75) is 64.5 Å². The topological polar surface area (TPSA) is 86.3 Å². The smallest absolute Gasteiger partial charge is 0.408 e. The predicted molar refractivity (Wildman–Crippen MR) is 107 cm³/mol. The Labute approximate surface area is 164 Å². The molecule has 1 amide bonds. The van der Waals surface area contributed by atoms with Gasteiger partial charge in [-0.2, -0.15) is 0 Å². The fourth-order valence-corrected chi connectivity index (χ4v) is 5.32. The summed E-state index contributed by atoms with van der Waals surface area (Å²) in [4.78, 5) is 33.7. The lowest BCUT2D eigenvalue weighted by atomic mass is 9.81. The highest BCUT2D eigenvalue weighted by atomic mass is 79.9. The van der Waals surface area contributed by atoms with E-state index in [9.17, 15) is 14.7 Å². The molecule has 1 unspecified atom stereocenters. The van der Waals surface area contributed by atoms with Gasteiger partial charge in [-0.15, -0.1) is 11.3 Å². The zero-order valence-corrected chi connectivity index (χ0v) is 17.6. The predicted octanol–water partition coefficient (Wildman–Crippen LogP) is 5.15. The number of halogens is 1. The van der Waals surface area contributed by atoms with E-state index in [-0.39, 0.29) is 11.5 Å². The molecular weight excluding hydrogens is 418 g/mol. The van der Waals surface area contributed by atoms with Crippen molar-refractivity contribution < 1.29 is 9.90 Å². The van der Waals surface area contributed by atoms with Crippen molar-refractivity contribution in [2.24, 2.45) is 5.92 Å². The normalized spacial score (nSPS) is 17.4. The summed E-state index contributed by atoms with van der Waals surface area (Å²) >= 11 is 4.74. The van der Waals surface area contributed by atoms with Gasteiger partial charge in [0.2, 0.25) is 0 Å². The van der Waals surface area contributed by atoms with Gasteiger partial charge in [-0.1, -0.05) is 19.3 Å². The van der Waals surface area contributed by atoms with Gasteiger partial charge in [-0.3, -0.25) is 9.69 Å². The number of carbonyl (C=O) groups is 1. The Morgan fingerprint density at radius 1 is 1.38 bits per heavy atom. The highest BCUT2D eigenvalue weighted by Gasteiger charge is 2.40. The molecule has 0 bridgehead atoms. The van der Waals surface area contributed by atoms with Crippen LogP contribution in [0.5, 0.6) is 0 Å². The second kappa shape index (κ2) is 7.31. The van der Waals surface area contributed by atoms with Crippen molar-refractivity contribution in [2.75, 3.05) is 0 Å². The Kier molecular flexibility index (Phi) is 5.44. The molecule has 2 aromatic heterocycles. The third-order valence-corrected chi connectivity index (χ3v) is 6.58. The molecule has 2 N–H and O–H groups in total. The molecule has 6 nitrogen and oxygen atoms in total. The average Bonchev–Trinajstić information content (AvgIpc) is 2.92. The van der Waals surface area contributed by atoms with E-state index in [2.05, 4.69) is 25.9 Å². The average molecular weight is 442 g/mol. The Balaban J connectivity index is 2.16. The summed E-state index contributed by atoms with van der Waals surface area (Å²) < 4.78 is 1.39. The Morgan fingerprint density at radius 2 is 2.04 bits per heavy atom. The minimum atomic E-state index is -0.984. The molecule has 0 spiro atoms. The second-order valence-corrected chi connectivity index (χ2v) is 10.3. The minimum absolute atomic E-state index is 0.154. The third kappa shape index (κ3) is 3.81. The van der Waals surface area contributed by atoms with Crippen molar-refractivity contribution in [1.29, 1.82) is 0 Å². The molecule has 1 fully saturated rings. The van der Waals surface area contributed by atoms with Gasteiger partial charge in [-0.25, -0.2) is 9.78 Å². The standard InChI is InChI=1S/C18H24BrN3O3S/c1-18(2,3)22(17(24)25)13(10-7-5-4-6-8-10)15-20-11-9-12(19)26-14(11)16(23)21-15/h9-10,13H,4-8H2,1-3H3,(H,24,25)(H,20,21,23). The van der Waals surface area contributed by atoms with Gasteiger partial charge >= 0.3 is 6.09 Å². The SMILES string of the molecule is CC(C)(C)N(C(=O)O)C(c1nc2cc(Br)sc2c(=O)[nH]1)C1CCCCC1. The maximum Gasteiger partial charge on any atom is 0.408 e. The number of nitrogens with one attached hydrogen (secondary N) is 1. The second-order valence-electron chi connectivity index (χ2n) is 7.88. The number of hydrogen-bond donors (Lipinski definition) is 2. The van der Waals surface area contributed by atoms with Crippen LogP contribution in [-0.4, -0.2) is 31.6 Å². The molecule has 142 valence electrons. The van der Waals surface area contributed by atoms with Crippen molar-refractivity contribution in [3.63, 3.8) is 0 Å². The quantitative estimate of drug-likeness (QED) is 0.689. The van der Waals surface area contributed by atoms with Gasteiger partial charge < -0.3 is 10.1 Å². The molecular formula is C18H24BrN3O3S. The number of aromatic nitrogens is 2. The lowest BCUT2D eigenvalue weighted by molar-refractivity contribution is 0.0354. The van der Waals surface area contributed by atoms with Crippen LogP contribution in [0.3, 0.4) is 0 Å². The Morgan fingerprint density at radius 3 is 2.62 bits per heavy atom. The molecule has 0 radical (unpaired) electrons. The van der Waals surface area contributed by atoms with Gasteiger partial charge in [0.25, 0.3) is 5.56 Å². The molecule has 2 aromatic rings. The molecule has 0 saturated heterocycles. The molecule has 1 atom stereocenters. The van der Waals surface area contributed by atoms with Gasteiger partial charge in [0.05, 0.1) is 15.3 Å². The van der Waals surface area contributed by atoms with Crippen LogP contribution in [0, 0.1) is 5.92 Å². The molecule has 1 saturated carbocycles. The monoisotopic (exact) mass is 441 g/mol. The highest BCUT2D eigenvalue weighted by Crippen LogP contribution is 2.40. The molecule has 0 aliphatic heterocycles. The summed E-state index contributed by atoms with van der Waals surface area (Å²) in [6.07, 6.45) is 4.23. The van der Waals surface area contributed by atoms with E-state index in [1.165, 1.54) is 22.7 Å². The molecule has 1 aliphatic rings. The summed E-state index contributed by atoms with van der Waals surface area (Å²) in [5, 5.41) is 9.96. The van der Waals surface area contributed by atoms with Crippen LogP contribution in [0.15, 0.2) is 14.6 Å². The van der Waals surface area contributed by atoms with Crippen molar-refractivity contribution in [3.8, 4) is 0 Å². The number of amides is 1. The number of fused-ring (bicyclic) bond motifs is 1. The van der Waals surface area contributed by atoms with Gasteiger partial charge in [0.15, 0.2) is 0 Å². The summed E-state index contributed by atoms with van der Waals surface area (Å²) in [5.74, 6) is 0.610. The first-order chi connectivity index (χ1) is 12.2.